The Bertz CT molecular complexity index is 856. The lowest BCUT2D eigenvalue weighted by molar-refractivity contribution is 0.102. The van der Waals surface area contributed by atoms with Gasteiger partial charge in [0, 0.05) is 17.5 Å². The van der Waals surface area contributed by atoms with Crippen LogP contribution in [0.2, 0.25) is 0 Å². The molecule has 1 amide bonds. The summed E-state index contributed by atoms with van der Waals surface area (Å²) in [4.78, 5) is 19.3. The van der Waals surface area contributed by atoms with Gasteiger partial charge in [-0.05, 0) is 57.2 Å². The molecule has 9 heteroatoms. The number of aromatic nitrogens is 1. The summed E-state index contributed by atoms with van der Waals surface area (Å²) in [5, 5.41) is 5.29. The topological polar surface area (TPSA) is 91.4 Å². The lowest BCUT2D eigenvalue weighted by Gasteiger charge is -2.25. The third-order valence-corrected chi connectivity index (χ3v) is 6.54. The van der Waals surface area contributed by atoms with Crippen LogP contribution < -0.4 is 10.0 Å². The van der Waals surface area contributed by atoms with E-state index >= 15 is 0 Å². The fourth-order valence-corrected chi connectivity index (χ4v) is 4.28. The summed E-state index contributed by atoms with van der Waals surface area (Å²) < 4.78 is 25.7. The molecule has 26 heavy (non-hydrogen) atoms. The highest BCUT2D eigenvalue weighted by Gasteiger charge is 2.15. The second kappa shape index (κ2) is 8.26. The summed E-state index contributed by atoms with van der Waals surface area (Å²) in [6.07, 6.45) is 3.75. The summed E-state index contributed by atoms with van der Waals surface area (Å²) in [6.45, 7) is 3.01. The summed E-state index contributed by atoms with van der Waals surface area (Å²) >= 11 is 1.40. The first kappa shape index (κ1) is 19.0. The predicted octanol–water partition coefficient (Wildman–Crippen LogP) is 2.29. The number of rotatable bonds is 6. The van der Waals surface area contributed by atoms with Crippen LogP contribution in [0.25, 0.3) is 0 Å². The molecule has 2 aromatic rings. The summed E-state index contributed by atoms with van der Waals surface area (Å²) in [7, 11) is -2.16. The molecule has 140 valence electrons. The number of sulfonamides is 1. The molecule has 2 N–H and O–H groups in total. The second-order valence-corrected chi connectivity index (χ2v) is 8.91. The first-order valence-corrected chi connectivity index (χ1v) is 10.9. The van der Waals surface area contributed by atoms with E-state index in [-0.39, 0.29) is 10.8 Å². The summed E-state index contributed by atoms with van der Waals surface area (Å²) in [5.41, 5.74) is 1.34. The number of hydrogen-bond acceptors (Lipinski definition) is 6. The number of hydrogen-bond donors (Lipinski definition) is 2. The Balaban J connectivity index is 1.61. The normalized spacial score (nSPS) is 15.7. The van der Waals surface area contributed by atoms with E-state index in [2.05, 4.69) is 19.9 Å². The molecular formula is C17H22N4O3S2. The molecule has 1 aliphatic heterocycles. The number of thiazole rings is 1. The van der Waals surface area contributed by atoms with Crippen LogP contribution in [0, 0.1) is 0 Å². The van der Waals surface area contributed by atoms with Gasteiger partial charge in [0.05, 0.1) is 10.6 Å². The Hall–Kier alpha value is -1.81. The number of nitrogens with zero attached hydrogens (tertiary/aromatic N) is 2. The van der Waals surface area contributed by atoms with Gasteiger partial charge in [-0.15, -0.1) is 11.3 Å². The van der Waals surface area contributed by atoms with Crippen LogP contribution >= 0.6 is 11.3 Å². The summed E-state index contributed by atoms with van der Waals surface area (Å²) in [5.74, 6) is -0.308. The fraction of sp³-hybridized carbons (Fsp3) is 0.412. The lowest BCUT2D eigenvalue weighted by Crippen LogP contribution is -2.29. The summed E-state index contributed by atoms with van der Waals surface area (Å²) in [6, 6.07) is 5.79. The van der Waals surface area contributed by atoms with Gasteiger partial charge in [0.2, 0.25) is 10.0 Å². The van der Waals surface area contributed by atoms with Crippen molar-refractivity contribution >= 4 is 32.4 Å². The Morgan fingerprint density at radius 2 is 1.88 bits per heavy atom. The van der Waals surface area contributed by atoms with Crippen LogP contribution in [-0.2, 0) is 16.6 Å². The van der Waals surface area contributed by atoms with Gasteiger partial charge in [0.15, 0.2) is 5.13 Å². The number of likely N-dealkylation sites (tertiary alicyclic amines) is 1. The van der Waals surface area contributed by atoms with Gasteiger partial charge in [-0.3, -0.25) is 15.0 Å². The SMILES string of the molecule is CNS(=O)(=O)c1ccc(C(=O)Nc2nc(CN3CCCCC3)cs2)cc1. The van der Waals surface area contributed by atoms with Crippen LogP contribution in [-0.4, -0.2) is 44.3 Å². The van der Waals surface area contributed by atoms with Crippen LogP contribution in [0.5, 0.6) is 0 Å². The van der Waals surface area contributed by atoms with Crippen molar-refractivity contribution in [2.75, 3.05) is 25.5 Å². The van der Waals surface area contributed by atoms with Crippen molar-refractivity contribution < 1.29 is 13.2 Å². The van der Waals surface area contributed by atoms with Crippen LogP contribution in [0.3, 0.4) is 0 Å². The fourth-order valence-electron chi connectivity index (χ4n) is 2.86. The third-order valence-electron chi connectivity index (χ3n) is 4.30. The Morgan fingerprint density at radius 3 is 2.54 bits per heavy atom. The molecule has 0 radical (unpaired) electrons. The van der Waals surface area contributed by atoms with Gasteiger partial charge < -0.3 is 0 Å². The maximum atomic E-state index is 12.3. The average Bonchev–Trinajstić information content (AvgIpc) is 3.09. The standard InChI is InChI=1S/C17H22N4O3S2/c1-18-26(23,24)15-7-5-13(6-8-15)16(22)20-17-19-14(12-25-17)11-21-9-3-2-4-10-21/h5-8,12,18H,2-4,9-11H2,1H3,(H,19,20,22). The Labute approximate surface area is 157 Å². The van der Waals surface area contributed by atoms with E-state index in [1.54, 1.807) is 0 Å². The Kier molecular flexibility index (Phi) is 6.02. The second-order valence-electron chi connectivity index (χ2n) is 6.17. The highest BCUT2D eigenvalue weighted by molar-refractivity contribution is 7.89. The van der Waals surface area contributed by atoms with E-state index in [0.717, 1.165) is 25.3 Å². The average molecular weight is 395 g/mol. The molecule has 1 saturated heterocycles. The number of anilines is 1. The van der Waals surface area contributed by atoms with Crippen LogP contribution in [0.4, 0.5) is 5.13 Å². The van der Waals surface area contributed by atoms with Crippen molar-refractivity contribution in [3.8, 4) is 0 Å². The zero-order valence-electron chi connectivity index (χ0n) is 14.6. The quantitative estimate of drug-likeness (QED) is 0.784. The number of amides is 1. The van der Waals surface area contributed by atoms with Crippen molar-refractivity contribution in [3.05, 3.63) is 40.9 Å². The van der Waals surface area contributed by atoms with E-state index in [9.17, 15) is 13.2 Å². The van der Waals surface area contributed by atoms with Crippen molar-refractivity contribution in [1.82, 2.24) is 14.6 Å². The molecule has 2 heterocycles. The van der Waals surface area contributed by atoms with Gasteiger partial charge in [0.1, 0.15) is 0 Å². The monoisotopic (exact) mass is 394 g/mol. The molecule has 0 spiro atoms. The predicted molar refractivity (Wildman–Crippen MR) is 102 cm³/mol. The van der Waals surface area contributed by atoms with E-state index in [1.165, 1.54) is 61.9 Å². The molecule has 0 saturated carbocycles. The molecule has 7 nitrogen and oxygen atoms in total. The number of nitrogens with one attached hydrogen (secondary N) is 2. The molecule has 0 atom stereocenters. The smallest absolute Gasteiger partial charge is 0.257 e. The van der Waals surface area contributed by atoms with Gasteiger partial charge in [-0.2, -0.15) is 0 Å². The minimum atomic E-state index is -3.51. The molecule has 0 aliphatic carbocycles. The van der Waals surface area contributed by atoms with Gasteiger partial charge in [0.25, 0.3) is 5.91 Å². The number of carbonyl (C=O) groups excluding carboxylic acids is 1. The minimum Gasteiger partial charge on any atom is -0.298 e. The van der Waals surface area contributed by atoms with Crippen molar-refractivity contribution in [2.45, 2.75) is 30.7 Å². The van der Waals surface area contributed by atoms with Crippen molar-refractivity contribution in [2.24, 2.45) is 0 Å². The minimum absolute atomic E-state index is 0.120. The van der Waals surface area contributed by atoms with Crippen LogP contribution in [0.1, 0.15) is 35.3 Å². The zero-order chi connectivity index (χ0) is 18.6. The lowest BCUT2D eigenvalue weighted by atomic mass is 10.1. The van der Waals surface area contributed by atoms with Gasteiger partial charge in [-0.1, -0.05) is 6.42 Å². The highest BCUT2D eigenvalue weighted by Crippen LogP contribution is 2.20. The molecular weight excluding hydrogens is 372 g/mol. The highest BCUT2D eigenvalue weighted by atomic mass is 32.2. The molecule has 0 bridgehead atoms. The largest absolute Gasteiger partial charge is 0.298 e. The molecule has 1 aromatic carbocycles. The zero-order valence-corrected chi connectivity index (χ0v) is 16.2. The van der Waals surface area contributed by atoms with Crippen molar-refractivity contribution in [3.63, 3.8) is 0 Å². The maximum Gasteiger partial charge on any atom is 0.257 e. The van der Waals surface area contributed by atoms with E-state index in [1.807, 2.05) is 5.38 Å². The maximum absolute atomic E-state index is 12.3. The van der Waals surface area contributed by atoms with Crippen molar-refractivity contribution in [1.29, 1.82) is 0 Å². The number of carbonyl (C=O) groups is 1. The third kappa shape index (κ3) is 4.67. The first-order valence-electron chi connectivity index (χ1n) is 8.50. The molecule has 1 aromatic heterocycles. The molecule has 1 fully saturated rings. The van der Waals surface area contributed by atoms with Crippen LogP contribution in [0.15, 0.2) is 34.5 Å². The van der Waals surface area contributed by atoms with E-state index < -0.39 is 10.0 Å². The number of benzene rings is 1. The first-order chi connectivity index (χ1) is 12.5. The van der Waals surface area contributed by atoms with Gasteiger partial charge in [-0.25, -0.2) is 18.1 Å². The molecule has 1 aliphatic rings. The molecule has 0 unspecified atom stereocenters. The van der Waals surface area contributed by atoms with Gasteiger partial charge >= 0.3 is 0 Å². The Morgan fingerprint density at radius 1 is 1.19 bits per heavy atom. The molecule has 3 rings (SSSR count). The number of piperidine rings is 1. The van der Waals surface area contributed by atoms with E-state index in [0.29, 0.717) is 10.7 Å². The van der Waals surface area contributed by atoms with E-state index in [4.69, 9.17) is 0 Å².